The molecule has 0 aliphatic heterocycles. The van der Waals surface area contributed by atoms with E-state index >= 15 is 0 Å². The summed E-state index contributed by atoms with van der Waals surface area (Å²) in [6, 6.07) is 0.292. The molecule has 0 radical (unpaired) electrons. The summed E-state index contributed by atoms with van der Waals surface area (Å²) in [5.41, 5.74) is -0.841. The van der Waals surface area contributed by atoms with Crippen molar-refractivity contribution in [2.24, 2.45) is 0 Å². The highest BCUT2D eigenvalue weighted by molar-refractivity contribution is 5.75. The van der Waals surface area contributed by atoms with Crippen molar-refractivity contribution in [2.45, 2.75) is 13.2 Å². The van der Waals surface area contributed by atoms with Crippen LogP contribution in [0.25, 0.3) is 0 Å². The quantitative estimate of drug-likeness (QED) is 0.278. The van der Waals surface area contributed by atoms with Crippen LogP contribution in [0.5, 0.6) is 0 Å². The van der Waals surface area contributed by atoms with Crippen LogP contribution >= 0.6 is 0 Å². The summed E-state index contributed by atoms with van der Waals surface area (Å²) >= 11 is 0. The minimum Gasteiger partial charge on any atom is -0.356 e. The normalized spacial score (nSPS) is 10.0. The average molecular weight is 268 g/mol. The third-order valence-electron chi connectivity index (χ3n) is 1.92. The minimum absolute atomic E-state index is 0.0648. The highest BCUT2D eigenvalue weighted by Gasteiger charge is 2.17. The maximum atomic E-state index is 12.4. The number of carbonyl (C=O) groups is 1. The van der Waals surface area contributed by atoms with Crippen LogP contribution in [0.15, 0.2) is 6.07 Å². The van der Waals surface area contributed by atoms with Crippen LogP contribution in [0, 0.1) is 23.3 Å². The Bertz CT molecular complexity index is 406. The van der Waals surface area contributed by atoms with Gasteiger partial charge in [-0.2, -0.15) is 0 Å². The Hall–Kier alpha value is -1.47. The van der Waals surface area contributed by atoms with Gasteiger partial charge in [0.05, 0.1) is 5.56 Å². The lowest BCUT2D eigenvalue weighted by Gasteiger charge is -2.03. The Morgan fingerprint density at radius 3 is 1.89 bits per heavy atom. The number of methoxy groups -OCH3 is 2. The SMILES string of the molecule is COC(C)OC.O=Cc1cc(F)c(F)c(F)c1F. The van der Waals surface area contributed by atoms with Crippen molar-refractivity contribution >= 4 is 6.29 Å². The fourth-order valence-corrected chi connectivity index (χ4v) is 0.773. The van der Waals surface area contributed by atoms with Gasteiger partial charge in [-0.25, -0.2) is 17.6 Å². The lowest BCUT2D eigenvalue weighted by Crippen LogP contribution is -2.05. The number of benzene rings is 1. The molecule has 0 atom stereocenters. The van der Waals surface area contributed by atoms with E-state index in [-0.39, 0.29) is 12.6 Å². The van der Waals surface area contributed by atoms with Gasteiger partial charge in [-0.3, -0.25) is 4.79 Å². The molecular formula is C11H12F4O3. The fourth-order valence-electron chi connectivity index (χ4n) is 0.773. The predicted octanol–water partition coefficient (Wildman–Crippen LogP) is 2.68. The highest BCUT2D eigenvalue weighted by atomic mass is 19.2. The molecule has 0 aliphatic rings. The van der Waals surface area contributed by atoms with Crippen LogP contribution in [0.2, 0.25) is 0 Å². The van der Waals surface area contributed by atoms with Crippen molar-refractivity contribution in [1.82, 2.24) is 0 Å². The van der Waals surface area contributed by atoms with Crippen LogP contribution in [0.3, 0.4) is 0 Å². The van der Waals surface area contributed by atoms with Gasteiger partial charge in [0.2, 0.25) is 0 Å². The van der Waals surface area contributed by atoms with Crippen molar-refractivity contribution in [3.63, 3.8) is 0 Å². The molecule has 0 saturated carbocycles. The molecule has 0 saturated heterocycles. The Kier molecular flexibility index (Phi) is 7.14. The number of halogens is 4. The van der Waals surface area contributed by atoms with Gasteiger partial charge < -0.3 is 9.47 Å². The molecule has 3 nitrogen and oxygen atoms in total. The van der Waals surface area contributed by atoms with Crippen LogP contribution in [0.1, 0.15) is 17.3 Å². The number of hydrogen-bond acceptors (Lipinski definition) is 3. The predicted molar refractivity (Wildman–Crippen MR) is 55.1 cm³/mol. The number of hydrogen-bond donors (Lipinski definition) is 0. The van der Waals surface area contributed by atoms with E-state index in [0.717, 1.165) is 0 Å². The first-order valence-corrected chi connectivity index (χ1v) is 4.72. The highest BCUT2D eigenvalue weighted by Crippen LogP contribution is 2.16. The topological polar surface area (TPSA) is 35.5 Å². The van der Waals surface area contributed by atoms with Crippen LogP contribution in [-0.4, -0.2) is 26.8 Å². The molecule has 102 valence electrons. The fraction of sp³-hybridized carbons (Fsp3) is 0.364. The number of carbonyl (C=O) groups excluding carboxylic acids is 1. The Balaban J connectivity index is 0.000000411. The summed E-state index contributed by atoms with van der Waals surface area (Å²) < 4.78 is 58.5. The summed E-state index contributed by atoms with van der Waals surface area (Å²) in [5, 5.41) is 0. The molecule has 18 heavy (non-hydrogen) atoms. The van der Waals surface area contributed by atoms with Gasteiger partial charge in [0.1, 0.15) is 0 Å². The first-order chi connectivity index (χ1) is 8.38. The third kappa shape index (κ3) is 4.42. The van der Waals surface area contributed by atoms with Gasteiger partial charge in [-0.15, -0.1) is 0 Å². The molecule has 0 fully saturated rings. The van der Waals surface area contributed by atoms with Crippen LogP contribution in [0.4, 0.5) is 17.6 Å². The third-order valence-corrected chi connectivity index (χ3v) is 1.92. The first kappa shape index (κ1) is 16.5. The first-order valence-electron chi connectivity index (χ1n) is 4.72. The van der Waals surface area contributed by atoms with E-state index in [1.54, 1.807) is 14.2 Å². The van der Waals surface area contributed by atoms with E-state index in [4.69, 9.17) is 0 Å². The second kappa shape index (κ2) is 7.78. The zero-order valence-electron chi connectivity index (χ0n) is 9.97. The minimum atomic E-state index is -1.97. The summed E-state index contributed by atoms with van der Waals surface area (Å²) in [7, 11) is 3.21. The molecule has 0 aliphatic carbocycles. The Morgan fingerprint density at radius 1 is 1.06 bits per heavy atom. The van der Waals surface area contributed by atoms with E-state index < -0.39 is 28.8 Å². The molecule has 0 amide bonds. The smallest absolute Gasteiger partial charge is 0.198 e. The average Bonchev–Trinajstić information content (AvgIpc) is 2.40. The van der Waals surface area contributed by atoms with Crippen LogP contribution < -0.4 is 0 Å². The maximum absolute atomic E-state index is 12.4. The molecular weight excluding hydrogens is 256 g/mol. The van der Waals surface area contributed by atoms with Gasteiger partial charge >= 0.3 is 0 Å². The van der Waals surface area contributed by atoms with Crippen molar-refractivity contribution in [2.75, 3.05) is 14.2 Å². The van der Waals surface area contributed by atoms with Crippen molar-refractivity contribution in [1.29, 1.82) is 0 Å². The van der Waals surface area contributed by atoms with Gasteiger partial charge in [-0.1, -0.05) is 0 Å². The summed E-state index contributed by atoms with van der Waals surface area (Å²) in [4.78, 5) is 9.95. The van der Waals surface area contributed by atoms with Crippen molar-refractivity contribution in [3.05, 3.63) is 34.9 Å². The van der Waals surface area contributed by atoms with Gasteiger partial charge in [0.25, 0.3) is 0 Å². The van der Waals surface area contributed by atoms with Gasteiger partial charge in [0, 0.05) is 14.2 Å². The van der Waals surface area contributed by atoms with E-state index in [1.807, 2.05) is 6.92 Å². The van der Waals surface area contributed by atoms with Gasteiger partial charge in [-0.05, 0) is 13.0 Å². The molecule has 1 aromatic carbocycles. The molecule has 0 unspecified atom stereocenters. The summed E-state index contributed by atoms with van der Waals surface area (Å²) in [5.74, 6) is -7.16. The largest absolute Gasteiger partial charge is 0.356 e. The van der Waals surface area contributed by atoms with Crippen LogP contribution in [-0.2, 0) is 9.47 Å². The van der Waals surface area contributed by atoms with E-state index in [1.165, 1.54) is 0 Å². The number of aldehydes is 1. The molecule has 0 bridgehead atoms. The summed E-state index contributed by atoms with van der Waals surface area (Å²) in [6.45, 7) is 1.83. The molecule has 0 N–H and O–H groups in total. The molecule has 7 heteroatoms. The van der Waals surface area contributed by atoms with E-state index in [2.05, 4.69) is 9.47 Å². The second-order valence-electron chi connectivity index (χ2n) is 3.05. The zero-order valence-corrected chi connectivity index (χ0v) is 9.97. The van der Waals surface area contributed by atoms with Crippen molar-refractivity contribution in [3.8, 4) is 0 Å². The lowest BCUT2D eigenvalue weighted by molar-refractivity contribution is -0.0877. The van der Waals surface area contributed by atoms with Gasteiger partial charge in [0.15, 0.2) is 35.8 Å². The maximum Gasteiger partial charge on any atom is 0.198 e. The molecule has 0 spiro atoms. The monoisotopic (exact) mass is 268 g/mol. The molecule has 1 rings (SSSR count). The number of rotatable bonds is 3. The zero-order chi connectivity index (χ0) is 14.3. The van der Waals surface area contributed by atoms with Crippen molar-refractivity contribution < 1.29 is 31.8 Å². The Labute approximate surface area is 101 Å². The number of ether oxygens (including phenoxy) is 2. The molecule has 1 aromatic rings. The second-order valence-corrected chi connectivity index (χ2v) is 3.05. The molecule has 0 heterocycles. The molecule has 0 aromatic heterocycles. The van der Waals surface area contributed by atoms with E-state index in [9.17, 15) is 22.4 Å². The Morgan fingerprint density at radius 2 is 1.56 bits per heavy atom. The standard InChI is InChI=1S/C7H2F4O.C4H10O2/c8-4-1-3(2-12)5(9)7(11)6(4)10;1-4(5-2)6-3/h1-2H;4H,1-3H3. The summed E-state index contributed by atoms with van der Waals surface area (Å²) in [6.07, 6.45) is -0.161. The van der Waals surface area contributed by atoms with E-state index in [0.29, 0.717) is 6.07 Å². The lowest BCUT2D eigenvalue weighted by atomic mass is 10.2.